The second-order valence-electron chi connectivity index (χ2n) is 9.16. The molecule has 0 aliphatic rings. The van der Waals surface area contributed by atoms with Crippen LogP contribution in [0.3, 0.4) is 0 Å². The van der Waals surface area contributed by atoms with Gasteiger partial charge < -0.3 is 15.5 Å². The summed E-state index contributed by atoms with van der Waals surface area (Å²) >= 11 is 6.74. The zero-order chi connectivity index (χ0) is 33.8. The molecule has 0 atom stereocenters. The molecule has 3 N–H and O–H groups in total. The fourth-order valence-electron chi connectivity index (χ4n) is 3.58. The minimum Gasteiger partial charge on any atom is -0.478 e. The Morgan fingerprint density at radius 1 is 0.733 bits per heavy atom. The fourth-order valence-corrected chi connectivity index (χ4v) is 6.47. The first-order chi connectivity index (χ1) is 21.0. The van der Waals surface area contributed by atoms with Gasteiger partial charge in [0, 0.05) is 39.8 Å². The normalized spacial score (nSPS) is 11.1. The summed E-state index contributed by atoms with van der Waals surface area (Å²) in [4.78, 5) is 21.2. The Balaban J connectivity index is 0.000000259. The summed E-state index contributed by atoms with van der Waals surface area (Å²) in [6.45, 7) is 1.12. The minimum absolute atomic E-state index is 0.0371. The Kier molecular flexibility index (Phi) is 14.8. The molecule has 45 heavy (non-hydrogen) atoms. The van der Waals surface area contributed by atoms with Crippen molar-refractivity contribution in [3.8, 4) is 0 Å². The van der Waals surface area contributed by atoms with Crippen molar-refractivity contribution >= 4 is 73.6 Å². The lowest BCUT2D eigenvalue weighted by Gasteiger charge is -2.17. The van der Waals surface area contributed by atoms with Crippen LogP contribution < -0.4 is 5.32 Å². The highest BCUT2D eigenvalue weighted by atomic mass is 79.9. The van der Waals surface area contributed by atoms with E-state index < -0.39 is 31.0 Å². The Hall–Kier alpha value is -3.11. The number of aromatic carboxylic acids is 2. The van der Waals surface area contributed by atoms with Crippen molar-refractivity contribution in [1.29, 1.82) is 0 Å². The number of hydrogen-bond acceptors (Lipinski definition) is 7. The van der Waals surface area contributed by atoms with Crippen LogP contribution in [0.5, 0.6) is 0 Å². The smallest absolute Gasteiger partial charge is 0.335 e. The quantitative estimate of drug-likeness (QED) is 0.162. The summed E-state index contributed by atoms with van der Waals surface area (Å²) in [7, 11) is 0.821. The first-order valence-corrected chi connectivity index (χ1v) is 18.1. The predicted molar refractivity (Wildman–Crippen MR) is 180 cm³/mol. The largest absolute Gasteiger partial charge is 0.478 e. The van der Waals surface area contributed by atoms with Crippen LogP contribution in [-0.2, 0) is 32.2 Å². The summed E-state index contributed by atoms with van der Waals surface area (Å²) in [5.74, 6) is -2.35. The number of benzene rings is 4. The first-order valence-electron chi connectivity index (χ1n) is 12.8. The Morgan fingerprint density at radius 3 is 1.64 bits per heavy atom. The van der Waals surface area contributed by atoms with Crippen LogP contribution in [0.2, 0.25) is 0 Å². The topological polar surface area (TPSA) is 158 Å². The van der Waals surface area contributed by atoms with Gasteiger partial charge in [0.1, 0.15) is 0 Å². The van der Waals surface area contributed by atoms with Crippen molar-refractivity contribution < 1.29 is 36.6 Å². The molecule has 0 heterocycles. The van der Waals surface area contributed by atoms with E-state index in [2.05, 4.69) is 49.3 Å². The van der Waals surface area contributed by atoms with Crippen molar-refractivity contribution in [3.63, 3.8) is 0 Å². The molecule has 10 nitrogen and oxygen atoms in total. The molecule has 0 fully saturated rings. The number of sulfonamides is 1. The molecular formula is C30H29Br2ClN2O8S2. The zero-order valence-electron chi connectivity index (χ0n) is 23.9. The summed E-state index contributed by atoms with van der Waals surface area (Å²) < 4.78 is 49.8. The minimum atomic E-state index is -3.85. The molecule has 240 valence electrons. The SMILES string of the molecule is CN(Cc1cccc(Br)c1)S(=O)(=O)c1cccc(C(=O)O)c1.CNCc1cccc(Br)c1.O=C(O)c1cccc(S(=O)(=O)Cl)c1. The van der Waals surface area contributed by atoms with E-state index in [-0.39, 0.29) is 27.5 Å². The summed E-state index contributed by atoms with van der Waals surface area (Å²) in [6.07, 6.45) is 0. The fraction of sp³-hybridized carbons (Fsp3) is 0.133. The highest BCUT2D eigenvalue weighted by Crippen LogP contribution is 2.20. The van der Waals surface area contributed by atoms with Crippen LogP contribution in [0.1, 0.15) is 31.8 Å². The molecule has 0 aliphatic heterocycles. The molecule has 4 rings (SSSR count). The van der Waals surface area contributed by atoms with Crippen LogP contribution in [0.4, 0.5) is 0 Å². The highest BCUT2D eigenvalue weighted by Gasteiger charge is 2.22. The highest BCUT2D eigenvalue weighted by molar-refractivity contribution is 9.10. The van der Waals surface area contributed by atoms with Gasteiger partial charge in [-0.2, -0.15) is 4.31 Å². The van der Waals surface area contributed by atoms with E-state index in [4.69, 9.17) is 20.9 Å². The van der Waals surface area contributed by atoms with Crippen LogP contribution in [-0.4, -0.2) is 57.4 Å². The van der Waals surface area contributed by atoms with Gasteiger partial charge in [0.15, 0.2) is 0 Å². The van der Waals surface area contributed by atoms with Gasteiger partial charge in [0.05, 0.1) is 20.9 Å². The zero-order valence-corrected chi connectivity index (χ0v) is 29.5. The molecule has 0 bridgehead atoms. The van der Waals surface area contributed by atoms with Crippen LogP contribution >= 0.6 is 42.5 Å². The molecule has 0 aromatic heterocycles. The number of rotatable bonds is 9. The van der Waals surface area contributed by atoms with Gasteiger partial charge in [-0.15, -0.1) is 0 Å². The van der Waals surface area contributed by atoms with E-state index in [1.165, 1.54) is 53.3 Å². The third-order valence-electron chi connectivity index (χ3n) is 5.72. The molecular weight excluding hydrogens is 776 g/mol. The molecule has 0 unspecified atom stereocenters. The molecule has 0 saturated heterocycles. The molecule has 0 spiro atoms. The van der Waals surface area contributed by atoms with E-state index >= 15 is 0 Å². The van der Waals surface area contributed by atoms with Gasteiger partial charge in [0.25, 0.3) is 9.05 Å². The summed E-state index contributed by atoms with van der Waals surface area (Å²) in [6, 6.07) is 25.8. The lowest BCUT2D eigenvalue weighted by molar-refractivity contribution is 0.0685. The number of halogens is 3. The van der Waals surface area contributed by atoms with Crippen molar-refractivity contribution in [1.82, 2.24) is 9.62 Å². The molecule has 0 aliphatic carbocycles. The van der Waals surface area contributed by atoms with Crippen molar-refractivity contribution in [2.45, 2.75) is 22.9 Å². The van der Waals surface area contributed by atoms with Gasteiger partial charge in [0.2, 0.25) is 10.0 Å². The molecule has 4 aromatic rings. The van der Waals surface area contributed by atoms with Crippen molar-refractivity contribution in [3.05, 3.63) is 128 Å². The number of carboxylic acids is 2. The van der Waals surface area contributed by atoms with E-state index in [9.17, 15) is 26.4 Å². The monoisotopic (exact) mass is 802 g/mol. The summed E-state index contributed by atoms with van der Waals surface area (Å²) in [5.41, 5.74) is 1.96. The van der Waals surface area contributed by atoms with Gasteiger partial charge in [-0.1, -0.05) is 68.3 Å². The molecule has 0 saturated carbocycles. The number of nitrogens with one attached hydrogen (secondary N) is 1. The maximum atomic E-state index is 12.5. The van der Waals surface area contributed by atoms with E-state index in [1.54, 1.807) is 0 Å². The average molecular weight is 805 g/mol. The van der Waals surface area contributed by atoms with Gasteiger partial charge >= 0.3 is 11.9 Å². The summed E-state index contributed by atoms with van der Waals surface area (Å²) in [5, 5.41) is 20.6. The third kappa shape index (κ3) is 12.7. The van der Waals surface area contributed by atoms with E-state index in [1.807, 2.05) is 43.4 Å². The molecule has 4 aromatic carbocycles. The maximum absolute atomic E-state index is 12.5. The second-order valence-corrected chi connectivity index (χ2v) is 15.6. The average Bonchev–Trinajstić information content (AvgIpc) is 2.98. The van der Waals surface area contributed by atoms with Crippen molar-refractivity contribution in [2.24, 2.45) is 0 Å². The van der Waals surface area contributed by atoms with E-state index in [0.717, 1.165) is 33.2 Å². The number of carboxylic acid groups (broad SMARTS) is 2. The van der Waals surface area contributed by atoms with Crippen LogP contribution in [0, 0.1) is 0 Å². The lowest BCUT2D eigenvalue weighted by Crippen LogP contribution is -2.26. The first kappa shape index (κ1) is 38.1. The predicted octanol–water partition coefficient (Wildman–Crippen LogP) is 6.45. The van der Waals surface area contributed by atoms with E-state index in [0.29, 0.717) is 0 Å². The standard InChI is InChI=1S/C15H14BrNO4S.C8H10BrN.C7H5ClO4S/c1-17(10-11-4-2-6-13(16)8-11)22(20,21)14-7-3-5-12(9-14)15(18)19;1-10-6-7-3-2-4-8(9)5-7;8-13(11,12)6-3-1-2-5(4-6)7(9)10/h2-9H,10H2,1H3,(H,18,19);2-5,10H,6H2,1H3;1-4H,(H,9,10). The maximum Gasteiger partial charge on any atom is 0.335 e. The number of nitrogens with zero attached hydrogens (tertiary/aromatic N) is 1. The third-order valence-corrected chi connectivity index (χ3v) is 9.85. The lowest BCUT2D eigenvalue weighted by atomic mass is 10.2. The van der Waals surface area contributed by atoms with Gasteiger partial charge in [-0.05, 0) is 78.8 Å². The van der Waals surface area contributed by atoms with Crippen LogP contribution in [0.25, 0.3) is 0 Å². The Labute approximate surface area is 283 Å². The number of hydrogen-bond donors (Lipinski definition) is 3. The molecule has 0 radical (unpaired) electrons. The molecule has 15 heteroatoms. The van der Waals surface area contributed by atoms with Crippen LogP contribution in [0.15, 0.2) is 116 Å². The Morgan fingerprint density at radius 2 is 1.18 bits per heavy atom. The molecule has 0 amide bonds. The van der Waals surface area contributed by atoms with Gasteiger partial charge in [-0.3, -0.25) is 0 Å². The van der Waals surface area contributed by atoms with Crippen molar-refractivity contribution in [2.75, 3.05) is 14.1 Å². The Bertz CT molecular complexity index is 1860. The van der Waals surface area contributed by atoms with Gasteiger partial charge in [-0.25, -0.2) is 26.4 Å². The number of carbonyl (C=O) groups is 2. The second kappa shape index (κ2) is 17.5.